The molecule has 0 aliphatic heterocycles. The second-order valence-electron chi connectivity index (χ2n) is 3.24. The quantitative estimate of drug-likeness (QED) is 0.647. The van der Waals surface area contributed by atoms with Crippen LogP contribution in [0.1, 0.15) is 13.3 Å². The first-order valence-electron chi connectivity index (χ1n) is 3.84. The van der Waals surface area contributed by atoms with E-state index < -0.39 is 9.84 Å². The molecule has 0 spiro atoms. The summed E-state index contributed by atoms with van der Waals surface area (Å²) in [5.41, 5.74) is 0.998. The molecule has 0 heterocycles. The van der Waals surface area contributed by atoms with Crippen LogP contribution in [-0.2, 0) is 9.84 Å². The SMILES string of the molecule is C=C(C)CC(CS(C)(=O)=O)NC. The number of hydrogen-bond acceptors (Lipinski definition) is 3. The highest BCUT2D eigenvalue weighted by molar-refractivity contribution is 7.90. The predicted molar refractivity (Wildman–Crippen MR) is 52.0 cm³/mol. The molecule has 0 fully saturated rings. The van der Waals surface area contributed by atoms with Gasteiger partial charge in [0.05, 0.1) is 5.75 Å². The Kier molecular flexibility index (Phi) is 4.49. The average molecular weight is 191 g/mol. The summed E-state index contributed by atoms with van der Waals surface area (Å²) in [5, 5.41) is 2.95. The van der Waals surface area contributed by atoms with Gasteiger partial charge < -0.3 is 5.32 Å². The monoisotopic (exact) mass is 191 g/mol. The lowest BCUT2D eigenvalue weighted by Crippen LogP contribution is -2.32. The van der Waals surface area contributed by atoms with Crippen molar-refractivity contribution in [1.82, 2.24) is 5.32 Å². The summed E-state index contributed by atoms with van der Waals surface area (Å²) in [7, 11) is -1.12. The van der Waals surface area contributed by atoms with E-state index >= 15 is 0 Å². The van der Waals surface area contributed by atoms with Crippen molar-refractivity contribution in [2.75, 3.05) is 19.1 Å². The Balaban J connectivity index is 4.10. The van der Waals surface area contributed by atoms with Gasteiger partial charge in [-0.25, -0.2) is 8.42 Å². The van der Waals surface area contributed by atoms with E-state index in [1.165, 1.54) is 6.26 Å². The number of nitrogens with one attached hydrogen (secondary N) is 1. The van der Waals surface area contributed by atoms with E-state index in [2.05, 4.69) is 11.9 Å². The normalized spacial score (nSPS) is 14.2. The summed E-state index contributed by atoms with van der Waals surface area (Å²) in [5.74, 6) is 0.177. The molecule has 12 heavy (non-hydrogen) atoms. The van der Waals surface area contributed by atoms with E-state index in [4.69, 9.17) is 0 Å². The molecular formula is C8H17NO2S. The van der Waals surface area contributed by atoms with Gasteiger partial charge in [-0.1, -0.05) is 5.57 Å². The third-order valence-electron chi connectivity index (χ3n) is 1.51. The molecule has 3 nitrogen and oxygen atoms in total. The molecular weight excluding hydrogens is 174 g/mol. The summed E-state index contributed by atoms with van der Waals surface area (Å²) in [6.07, 6.45) is 1.96. The van der Waals surface area contributed by atoms with Crippen molar-refractivity contribution in [3.8, 4) is 0 Å². The molecule has 0 amide bonds. The lowest BCUT2D eigenvalue weighted by Gasteiger charge is -2.14. The molecule has 4 heteroatoms. The first kappa shape index (κ1) is 11.6. The van der Waals surface area contributed by atoms with Crippen molar-refractivity contribution in [1.29, 1.82) is 0 Å². The van der Waals surface area contributed by atoms with Crippen LogP contribution in [0.25, 0.3) is 0 Å². The lowest BCUT2D eigenvalue weighted by molar-refractivity contribution is 0.566. The first-order valence-corrected chi connectivity index (χ1v) is 5.90. The van der Waals surface area contributed by atoms with Crippen molar-refractivity contribution in [3.05, 3.63) is 12.2 Å². The van der Waals surface area contributed by atoms with Crippen molar-refractivity contribution < 1.29 is 8.42 Å². The van der Waals surface area contributed by atoms with Crippen LogP contribution < -0.4 is 5.32 Å². The van der Waals surface area contributed by atoms with Gasteiger partial charge in [-0.2, -0.15) is 0 Å². The third kappa shape index (κ3) is 6.37. The zero-order valence-corrected chi connectivity index (χ0v) is 8.74. The van der Waals surface area contributed by atoms with Crippen molar-refractivity contribution >= 4 is 9.84 Å². The Morgan fingerprint density at radius 3 is 2.33 bits per heavy atom. The maximum absolute atomic E-state index is 10.9. The summed E-state index contributed by atoms with van der Waals surface area (Å²) in [6.45, 7) is 5.63. The maximum Gasteiger partial charge on any atom is 0.148 e. The van der Waals surface area contributed by atoms with E-state index in [1.54, 1.807) is 7.05 Å². The molecule has 72 valence electrons. The second kappa shape index (κ2) is 4.62. The molecule has 0 aromatic rings. The van der Waals surface area contributed by atoms with Gasteiger partial charge in [0.2, 0.25) is 0 Å². The Labute approximate surface area is 74.8 Å². The zero-order valence-electron chi connectivity index (χ0n) is 7.92. The van der Waals surface area contributed by atoms with Gasteiger partial charge in [0.25, 0.3) is 0 Å². The van der Waals surface area contributed by atoms with Crippen LogP contribution in [0.3, 0.4) is 0 Å². The largest absolute Gasteiger partial charge is 0.316 e. The fourth-order valence-electron chi connectivity index (χ4n) is 1.03. The van der Waals surface area contributed by atoms with Crippen LogP contribution in [0, 0.1) is 0 Å². The summed E-state index contributed by atoms with van der Waals surface area (Å²) in [6, 6.07) is -0.00231. The van der Waals surface area contributed by atoms with Crippen molar-refractivity contribution in [2.45, 2.75) is 19.4 Å². The molecule has 0 aromatic heterocycles. The smallest absolute Gasteiger partial charge is 0.148 e. The molecule has 0 aliphatic carbocycles. The Bertz CT molecular complexity index is 244. The fraction of sp³-hybridized carbons (Fsp3) is 0.750. The number of rotatable bonds is 5. The van der Waals surface area contributed by atoms with E-state index in [1.807, 2.05) is 6.92 Å². The number of sulfone groups is 1. The zero-order chi connectivity index (χ0) is 9.78. The Morgan fingerprint density at radius 1 is 1.58 bits per heavy atom. The molecule has 0 saturated heterocycles. The van der Waals surface area contributed by atoms with Gasteiger partial charge in [-0.3, -0.25) is 0 Å². The van der Waals surface area contributed by atoms with Crippen LogP contribution in [0.2, 0.25) is 0 Å². The van der Waals surface area contributed by atoms with Gasteiger partial charge >= 0.3 is 0 Å². The highest BCUT2D eigenvalue weighted by Crippen LogP contribution is 2.03. The molecule has 1 unspecified atom stereocenters. The summed E-state index contributed by atoms with van der Waals surface area (Å²) < 4.78 is 21.8. The molecule has 0 bridgehead atoms. The minimum Gasteiger partial charge on any atom is -0.316 e. The molecule has 1 atom stereocenters. The minimum absolute atomic E-state index is 0.00231. The summed E-state index contributed by atoms with van der Waals surface area (Å²) in [4.78, 5) is 0. The highest BCUT2D eigenvalue weighted by Gasteiger charge is 2.12. The number of hydrogen-bond donors (Lipinski definition) is 1. The van der Waals surface area contributed by atoms with Crippen LogP contribution in [-0.4, -0.2) is 33.5 Å². The van der Waals surface area contributed by atoms with Crippen LogP contribution in [0.5, 0.6) is 0 Å². The first-order chi connectivity index (χ1) is 5.35. The van der Waals surface area contributed by atoms with Gasteiger partial charge in [0.15, 0.2) is 0 Å². The lowest BCUT2D eigenvalue weighted by atomic mass is 10.1. The molecule has 0 saturated carbocycles. The van der Waals surface area contributed by atoms with Gasteiger partial charge in [0.1, 0.15) is 9.84 Å². The van der Waals surface area contributed by atoms with Crippen molar-refractivity contribution in [3.63, 3.8) is 0 Å². The van der Waals surface area contributed by atoms with E-state index in [0.717, 1.165) is 5.57 Å². The van der Waals surface area contributed by atoms with Gasteiger partial charge in [-0.15, -0.1) is 6.58 Å². The molecule has 1 N–H and O–H groups in total. The topological polar surface area (TPSA) is 46.2 Å². The second-order valence-corrected chi connectivity index (χ2v) is 5.42. The maximum atomic E-state index is 10.9. The summed E-state index contributed by atoms with van der Waals surface area (Å²) >= 11 is 0. The Morgan fingerprint density at radius 2 is 2.08 bits per heavy atom. The van der Waals surface area contributed by atoms with Crippen LogP contribution in [0.15, 0.2) is 12.2 Å². The molecule has 0 aliphatic rings. The molecule has 0 radical (unpaired) electrons. The van der Waals surface area contributed by atoms with E-state index in [-0.39, 0.29) is 11.8 Å². The van der Waals surface area contributed by atoms with E-state index in [9.17, 15) is 8.42 Å². The van der Waals surface area contributed by atoms with Crippen molar-refractivity contribution in [2.24, 2.45) is 0 Å². The average Bonchev–Trinajstić information content (AvgIpc) is 1.82. The molecule has 0 aromatic carbocycles. The van der Waals surface area contributed by atoms with Crippen LogP contribution in [0.4, 0.5) is 0 Å². The minimum atomic E-state index is -2.88. The predicted octanol–water partition coefficient (Wildman–Crippen LogP) is 0.585. The van der Waals surface area contributed by atoms with Gasteiger partial charge in [-0.05, 0) is 20.4 Å². The fourth-order valence-corrected chi connectivity index (χ4v) is 2.05. The standard InChI is InChI=1S/C8H17NO2S/c1-7(2)5-8(9-3)6-12(4,10)11/h8-9H,1,5-6H2,2-4H3. The van der Waals surface area contributed by atoms with E-state index in [0.29, 0.717) is 6.42 Å². The highest BCUT2D eigenvalue weighted by atomic mass is 32.2. The Hall–Kier alpha value is -0.350. The van der Waals surface area contributed by atoms with Crippen LogP contribution >= 0.6 is 0 Å². The molecule has 0 rings (SSSR count). The van der Waals surface area contributed by atoms with Gasteiger partial charge in [0, 0.05) is 12.3 Å². The third-order valence-corrected chi connectivity index (χ3v) is 2.51.